The van der Waals surface area contributed by atoms with Crippen molar-refractivity contribution in [3.63, 3.8) is 0 Å². The minimum Gasteiger partial charge on any atom is -0.454 e. The molecule has 142 valence electrons. The van der Waals surface area contributed by atoms with Crippen molar-refractivity contribution in [1.82, 2.24) is 0 Å². The first-order valence-corrected chi connectivity index (χ1v) is 8.46. The number of benzene rings is 2. The Kier molecular flexibility index (Phi) is 6.10. The molecule has 0 saturated carbocycles. The van der Waals surface area contributed by atoms with E-state index < -0.39 is 29.6 Å². The zero-order valence-electron chi connectivity index (χ0n) is 15.8. The molecule has 2 aromatic rings. The number of ether oxygens (including phenoxy) is 1. The molecule has 0 aromatic heterocycles. The van der Waals surface area contributed by atoms with E-state index in [1.54, 1.807) is 52.0 Å². The van der Waals surface area contributed by atoms with Crippen molar-refractivity contribution in [2.24, 2.45) is 5.41 Å². The average molecular weight is 371 g/mol. The minimum atomic E-state index is -0.767. The van der Waals surface area contributed by atoms with Crippen molar-refractivity contribution < 1.29 is 23.5 Å². The molecule has 1 N–H and O–H groups in total. The number of aryl methyl sites for hydroxylation is 1. The van der Waals surface area contributed by atoms with Crippen LogP contribution in [0, 0.1) is 18.2 Å². The van der Waals surface area contributed by atoms with E-state index in [1.807, 2.05) is 0 Å². The van der Waals surface area contributed by atoms with Crippen LogP contribution in [0.3, 0.4) is 0 Å². The Labute approximate surface area is 157 Å². The SMILES string of the molecule is Cc1ccc(C(=O)OCC(=O)c2ccc(NC(=O)C(C)(C)C)cc2)cc1F. The summed E-state index contributed by atoms with van der Waals surface area (Å²) in [6.45, 7) is 6.53. The van der Waals surface area contributed by atoms with E-state index in [4.69, 9.17) is 4.74 Å². The molecule has 0 bridgehead atoms. The molecule has 0 fully saturated rings. The lowest BCUT2D eigenvalue weighted by atomic mass is 9.95. The molecule has 2 aromatic carbocycles. The first-order valence-electron chi connectivity index (χ1n) is 8.46. The maximum atomic E-state index is 13.5. The summed E-state index contributed by atoms with van der Waals surface area (Å²) in [5.41, 5.74) is 0.843. The van der Waals surface area contributed by atoms with Gasteiger partial charge in [-0.2, -0.15) is 0 Å². The number of carbonyl (C=O) groups is 3. The van der Waals surface area contributed by atoms with E-state index in [9.17, 15) is 18.8 Å². The first-order chi connectivity index (χ1) is 12.6. The van der Waals surface area contributed by atoms with Gasteiger partial charge in [0.2, 0.25) is 5.91 Å². The summed E-state index contributed by atoms with van der Waals surface area (Å²) in [6.07, 6.45) is 0. The maximum absolute atomic E-state index is 13.5. The number of anilines is 1. The number of esters is 1. The number of nitrogens with one attached hydrogen (secondary N) is 1. The first kappa shape index (κ1) is 20.3. The van der Waals surface area contributed by atoms with Crippen LogP contribution in [0.2, 0.25) is 0 Å². The van der Waals surface area contributed by atoms with Crippen LogP contribution in [0.4, 0.5) is 10.1 Å². The zero-order valence-corrected chi connectivity index (χ0v) is 15.8. The van der Waals surface area contributed by atoms with Crippen molar-refractivity contribution >= 4 is 23.3 Å². The van der Waals surface area contributed by atoms with Gasteiger partial charge in [-0.1, -0.05) is 26.8 Å². The van der Waals surface area contributed by atoms with Gasteiger partial charge in [0.15, 0.2) is 12.4 Å². The van der Waals surface area contributed by atoms with Crippen LogP contribution in [0.25, 0.3) is 0 Å². The molecule has 6 heteroatoms. The highest BCUT2D eigenvalue weighted by Gasteiger charge is 2.21. The lowest BCUT2D eigenvalue weighted by Gasteiger charge is -2.17. The van der Waals surface area contributed by atoms with Crippen LogP contribution in [0.5, 0.6) is 0 Å². The molecule has 0 saturated heterocycles. The number of amides is 1. The molecule has 0 spiro atoms. The second-order valence-corrected chi connectivity index (χ2v) is 7.24. The minimum absolute atomic E-state index is 0.0474. The second-order valence-electron chi connectivity index (χ2n) is 7.24. The van der Waals surface area contributed by atoms with Crippen LogP contribution >= 0.6 is 0 Å². The van der Waals surface area contributed by atoms with Crippen LogP contribution in [0.1, 0.15) is 47.1 Å². The molecule has 0 aliphatic heterocycles. The Hall–Kier alpha value is -3.02. The Morgan fingerprint density at radius 3 is 2.15 bits per heavy atom. The maximum Gasteiger partial charge on any atom is 0.338 e. The van der Waals surface area contributed by atoms with Crippen molar-refractivity contribution in [2.75, 3.05) is 11.9 Å². The highest BCUT2D eigenvalue weighted by Crippen LogP contribution is 2.18. The fourth-order valence-corrected chi connectivity index (χ4v) is 2.08. The number of carbonyl (C=O) groups excluding carboxylic acids is 3. The molecule has 2 rings (SSSR count). The average Bonchev–Trinajstić information content (AvgIpc) is 2.61. The van der Waals surface area contributed by atoms with Gasteiger partial charge in [0, 0.05) is 16.7 Å². The molecule has 27 heavy (non-hydrogen) atoms. The summed E-state index contributed by atoms with van der Waals surface area (Å²) < 4.78 is 18.5. The number of hydrogen-bond donors (Lipinski definition) is 1. The third kappa shape index (κ3) is 5.48. The van der Waals surface area contributed by atoms with Gasteiger partial charge >= 0.3 is 5.97 Å². The van der Waals surface area contributed by atoms with E-state index in [0.717, 1.165) is 6.07 Å². The number of ketones is 1. The Morgan fingerprint density at radius 1 is 1.00 bits per heavy atom. The molecule has 1 amide bonds. The lowest BCUT2D eigenvalue weighted by Crippen LogP contribution is -2.27. The number of halogens is 1. The highest BCUT2D eigenvalue weighted by atomic mass is 19.1. The fraction of sp³-hybridized carbons (Fsp3) is 0.286. The molecule has 0 unspecified atom stereocenters. The number of rotatable bonds is 5. The van der Waals surface area contributed by atoms with E-state index >= 15 is 0 Å². The van der Waals surface area contributed by atoms with Crippen molar-refractivity contribution in [3.05, 3.63) is 65.0 Å². The molecular weight excluding hydrogens is 349 g/mol. The summed E-state index contributed by atoms with van der Waals surface area (Å²) >= 11 is 0. The number of hydrogen-bond acceptors (Lipinski definition) is 4. The van der Waals surface area contributed by atoms with Crippen molar-refractivity contribution in [2.45, 2.75) is 27.7 Å². The zero-order chi connectivity index (χ0) is 20.2. The Balaban J connectivity index is 1.95. The quantitative estimate of drug-likeness (QED) is 0.633. The van der Waals surface area contributed by atoms with Gasteiger partial charge < -0.3 is 10.1 Å². The van der Waals surface area contributed by atoms with E-state index in [0.29, 0.717) is 16.8 Å². The topological polar surface area (TPSA) is 72.5 Å². The monoisotopic (exact) mass is 371 g/mol. The van der Waals surface area contributed by atoms with Crippen LogP contribution in [-0.2, 0) is 9.53 Å². The lowest BCUT2D eigenvalue weighted by molar-refractivity contribution is -0.123. The molecule has 5 nitrogen and oxygen atoms in total. The normalized spacial score (nSPS) is 11.0. The van der Waals surface area contributed by atoms with Crippen molar-refractivity contribution in [3.8, 4) is 0 Å². The molecule has 0 heterocycles. The largest absolute Gasteiger partial charge is 0.454 e. The van der Waals surface area contributed by atoms with E-state index in [2.05, 4.69) is 5.32 Å². The summed E-state index contributed by atoms with van der Waals surface area (Å²) in [4.78, 5) is 36.0. The predicted octanol–water partition coefficient (Wildman–Crippen LogP) is 4.16. The van der Waals surface area contributed by atoms with Crippen LogP contribution in [-0.4, -0.2) is 24.3 Å². The van der Waals surface area contributed by atoms with Gasteiger partial charge in [-0.05, 0) is 48.9 Å². The summed E-state index contributed by atoms with van der Waals surface area (Å²) in [5, 5.41) is 2.76. The number of Topliss-reactive ketones (excluding diaryl/α,β-unsaturated/α-hetero) is 1. The molecular formula is C21H22FNO4. The molecule has 0 aliphatic rings. The summed E-state index contributed by atoms with van der Waals surface area (Å²) in [6, 6.07) is 10.3. The fourth-order valence-electron chi connectivity index (χ4n) is 2.08. The van der Waals surface area contributed by atoms with E-state index in [1.165, 1.54) is 12.1 Å². The molecule has 0 aliphatic carbocycles. The van der Waals surface area contributed by atoms with Gasteiger partial charge in [0.25, 0.3) is 0 Å². The third-order valence-electron chi connectivity index (χ3n) is 3.89. The Morgan fingerprint density at radius 2 is 1.59 bits per heavy atom. The van der Waals surface area contributed by atoms with Gasteiger partial charge in [-0.15, -0.1) is 0 Å². The summed E-state index contributed by atoms with van der Waals surface area (Å²) in [5.74, 6) is -1.81. The predicted molar refractivity (Wildman–Crippen MR) is 100 cm³/mol. The smallest absolute Gasteiger partial charge is 0.338 e. The second kappa shape index (κ2) is 8.12. The van der Waals surface area contributed by atoms with Crippen molar-refractivity contribution in [1.29, 1.82) is 0 Å². The van der Waals surface area contributed by atoms with Gasteiger partial charge in [0.1, 0.15) is 5.82 Å². The van der Waals surface area contributed by atoms with E-state index in [-0.39, 0.29) is 11.5 Å². The highest BCUT2D eigenvalue weighted by molar-refractivity contribution is 6.00. The molecule has 0 radical (unpaired) electrons. The van der Waals surface area contributed by atoms with Crippen LogP contribution < -0.4 is 5.32 Å². The van der Waals surface area contributed by atoms with Gasteiger partial charge in [-0.25, -0.2) is 9.18 Å². The van der Waals surface area contributed by atoms with Gasteiger partial charge in [-0.3, -0.25) is 9.59 Å². The Bertz CT molecular complexity index is 867. The summed E-state index contributed by atoms with van der Waals surface area (Å²) in [7, 11) is 0. The van der Waals surface area contributed by atoms with Gasteiger partial charge in [0.05, 0.1) is 5.56 Å². The molecule has 0 atom stereocenters. The third-order valence-corrected chi connectivity index (χ3v) is 3.89. The standard InChI is InChI=1S/C21H22FNO4/c1-13-5-6-15(11-17(13)22)19(25)27-12-18(24)14-7-9-16(10-8-14)23-20(26)21(2,3)4/h5-11H,12H2,1-4H3,(H,23,26). The van der Waals surface area contributed by atoms with Crippen LogP contribution in [0.15, 0.2) is 42.5 Å².